The third-order valence-corrected chi connectivity index (χ3v) is 5.73. The van der Waals surface area contributed by atoms with E-state index in [1.807, 2.05) is 6.92 Å². The molecule has 27 heavy (non-hydrogen) atoms. The number of piperidine rings is 2. The Hall–Kier alpha value is -1.66. The average Bonchev–Trinajstić information content (AvgIpc) is 2.63. The lowest BCUT2D eigenvalue weighted by atomic mass is 9.89. The van der Waals surface area contributed by atoms with Gasteiger partial charge < -0.3 is 15.5 Å². The summed E-state index contributed by atoms with van der Waals surface area (Å²) < 4.78 is 13.5. The van der Waals surface area contributed by atoms with Gasteiger partial charge >= 0.3 is 0 Å². The molecule has 1 aromatic rings. The summed E-state index contributed by atoms with van der Waals surface area (Å²) >= 11 is 5.92. The maximum absolute atomic E-state index is 13.5. The van der Waals surface area contributed by atoms with Crippen LogP contribution in [-0.2, 0) is 16.0 Å². The maximum Gasteiger partial charge on any atom is 0.237 e. The molecule has 2 heterocycles. The minimum atomic E-state index is -0.314. The van der Waals surface area contributed by atoms with Gasteiger partial charge in [-0.2, -0.15) is 0 Å². The van der Waals surface area contributed by atoms with E-state index in [1.54, 1.807) is 11.0 Å². The van der Waals surface area contributed by atoms with Gasteiger partial charge in [0.1, 0.15) is 5.82 Å². The Labute approximate surface area is 164 Å². The third kappa shape index (κ3) is 5.42. The molecule has 0 radical (unpaired) electrons. The average molecular weight is 396 g/mol. The first-order valence-electron chi connectivity index (χ1n) is 9.71. The molecule has 2 amide bonds. The number of hydrogen-bond acceptors (Lipinski definition) is 3. The third-order valence-electron chi connectivity index (χ3n) is 5.51. The van der Waals surface area contributed by atoms with E-state index in [2.05, 4.69) is 10.6 Å². The van der Waals surface area contributed by atoms with Crippen LogP contribution in [0.2, 0.25) is 5.02 Å². The number of amides is 2. The Kier molecular flexibility index (Phi) is 6.71. The Morgan fingerprint density at radius 3 is 2.81 bits per heavy atom. The molecule has 0 bridgehead atoms. The largest absolute Gasteiger partial charge is 0.350 e. The molecule has 148 valence electrons. The Bertz CT molecular complexity index is 672. The molecule has 3 rings (SSSR count). The molecule has 2 aliphatic heterocycles. The first kappa shape index (κ1) is 20.1. The van der Waals surface area contributed by atoms with E-state index in [4.69, 9.17) is 11.6 Å². The van der Waals surface area contributed by atoms with Crippen molar-refractivity contribution in [3.63, 3.8) is 0 Å². The van der Waals surface area contributed by atoms with Gasteiger partial charge in [0.2, 0.25) is 11.8 Å². The molecule has 2 N–H and O–H groups in total. The van der Waals surface area contributed by atoms with Gasteiger partial charge in [-0.05, 0) is 68.8 Å². The minimum absolute atomic E-state index is 0.0117. The van der Waals surface area contributed by atoms with E-state index in [0.29, 0.717) is 36.9 Å². The first-order valence-corrected chi connectivity index (χ1v) is 10.1. The van der Waals surface area contributed by atoms with Crippen LogP contribution in [0, 0.1) is 11.7 Å². The van der Waals surface area contributed by atoms with E-state index >= 15 is 0 Å². The van der Waals surface area contributed by atoms with Gasteiger partial charge in [-0.15, -0.1) is 0 Å². The summed E-state index contributed by atoms with van der Waals surface area (Å²) in [6.45, 7) is 3.95. The van der Waals surface area contributed by atoms with E-state index in [-0.39, 0.29) is 29.7 Å². The van der Waals surface area contributed by atoms with Crippen molar-refractivity contribution in [2.45, 2.75) is 51.1 Å². The second-order valence-electron chi connectivity index (χ2n) is 7.56. The van der Waals surface area contributed by atoms with Crippen LogP contribution in [0.1, 0.15) is 38.2 Å². The van der Waals surface area contributed by atoms with Crippen molar-refractivity contribution >= 4 is 23.4 Å². The van der Waals surface area contributed by atoms with Crippen molar-refractivity contribution in [2.75, 3.05) is 19.6 Å². The highest BCUT2D eigenvalue weighted by Crippen LogP contribution is 2.22. The zero-order valence-electron chi connectivity index (χ0n) is 15.6. The van der Waals surface area contributed by atoms with E-state index in [9.17, 15) is 14.0 Å². The fourth-order valence-corrected chi connectivity index (χ4v) is 4.26. The number of nitrogens with zero attached hydrogens (tertiary/aromatic N) is 1. The molecular formula is C20H27ClFN3O2. The Morgan fingerprint density at radius 1 is 1.33 bits per heavy atom. The van der Waals surface area contributed by atoms with Crippen LogP contribution < -0.4 is 10.6 Å². The molecule has 3 atom stereocenters. The van der Waals surface area contributed by atoms with E-state index < -0.39 is 0 Å². The van der Waals surface area contributed by atoms with Gasteiger partial charge in [0.25, 0.3) is 0 Å². The van der Waals surface area contributed by atoms with Gasteiger partial charge in [0, 0.05) is 30.6 Å². The van der Waals surface area contributed by atoms with Crippen molar-refractivity contribution in [3.8, 4) is 0 Å². The summed E-state index contributed by atoms with van der Waals surface area (Å²) in [6.07, 6.45) is 3.60. The monoisotopic (exact) mass is 395 g/mol. The smallest absolute Gasteiger partial charge is 0.237 e. The van der Waals surface area contributed by atoms with Crippen molar-refractivity contribution < 1.29 is 14.0 Å². The maximum atomic E-state index is 13.5. The predicted octanol–water partition coefficient (Wildman–Crippen LogP) is 2.52. The highest BCUT2D eigenvalue weighted by molar-refractivity contribution is 6.30. The number of carbonyl (C=O) groups excluding carboxylic acids is 2. The van der Waals surface area contributed by atoms with Gasteiger partial charge in [-0.3, -0.25) is 9.59 Å². The molecule has 0 aromatic heterocycles. The zero-order chi connectivity index (χ0) is 19.4. The summed E-state index contributed by atoms with van der Waals surface area (Å²) in [7, 11) is 0. The number of nitrogens with one attached hydrogen (secondary N) is 2. The number of likely N-dealkylation sites (tertiary alicyclic amines) is 1. The van der Waals surface area contributed by atoms with Crippen LogP contribution in [0.25, 0.3) is 0 Å². The van der Waals surface area contributed by atoms with Crippen LogP contribution in [0.15, 0.2) is 18.2 Å². The highest BCUT2D eigenvalue weighted by atomic mass is 35.5. The standard InChI is InChI=1S/C20H27ClFN3O2/c1-2-25-12-17(4-6-19(25)26)24-20(27)18-5-3-13(11-23-18)7-14-8-15(21)10-16(22)9-14/h8-10,13,17-18,23H,2-7,11-12H2,1H3,(H,24,27). The Balaban J connectivity index is 1.46. The SMILES string of the molecule is CCN1CC(NC(=O)C2CCC(Cc3cc(F)cc(Cl)c3)CN2)CCC1=O. The molecule has 1 aromatic carbocycles. The summed E-state index contributed by atoms with van der Waals surface area (Å²) in [5.41, 5.74) is 0.890. The number of rotatable bonds is 5. The van der Waals surface area contributed by atoms with Crippen LogP contribution >= 0.6 is 11.6 Å². The van der Waals surface area contributed by atoms with Crippen LogP contribution in [0.4, 0.5) is 4.39 Å². The molecule has 2 fully saturated rings. The van der Waals surface area contributed by atoms with E-state index in [1.165, 1.54) is 12.1 Å². The molecule has 0 aliphatic carbocycles. The molecule has 3 unspecified atom stereocenters. The quantitative estimate of drug-likeness (QED) is 0.805. The van der Waals surface area contributed by atoms with Crippen molar-refractivity contribution in [1.82, 2.24) is 15.5 Å². The topological polar surface area (TPSA) is 61.4 Å². The number of likely N-dealkylation sites (N-methyl/N-ethyl adjacent to an activating group) is 1. The molecular weight excluding hydrogens is 369 g/mol. The van der Waals surface area contributed by atoms with Crippen molar-refractivity contribution in [1.29, 1.82) is 0 Å². The van der Waals surface area contributed by atoms with Crippen molar-refractivity contribution in [3.05, 3.63) is 34.6 Å². The number of carbonyl (C=O) groups is 2. The summed E-state index contributed by atoms with van der Waals surface area (Å²) in [6, 6.07) is 4.46. The lowest BCUT2D eigenvalue weighted by Crippen LogP contribution is -2.55. The molecule has 5 nitrogen and oxygen atoms in total. The van der Waals surface area contributed by atoms with Gasteiger partial charge in [-0.25, -0.2) is 4.39 Å². The lowest BCUT2D eigenvalue weighted by molar-refractivity contribution is -0.135. The molecule has 2 aliphatic rings. The molecule has 2 saturated heterocycles. The molecule has 7 heteroatoms. The lowest BCUT2D eigenvalue weighted by Gasteiger charge is -2.34. The number of hydrogen-bond donors (Lipinski definition) is 2. The number of halogens is 2. The van der Waals surface area contributed by atoms with Crippen LogP contribution in [-0.4, -0.2) is 48.4 Å². The normalized spacial score (nSPS) is 26.1. The minimum Gasteiger partial charge on any atom is -0.350 e. The zero-order valence-corrected chi connectivity index (χ0v) is 16.4. The molecule has 0 spiro atoms. The summed E-state index contributed by atoms with van der Waals surface area (Å²) in [4.78, 5) is 26.1. The molecule has 0 saturated carbocycles. The fraction of sp³-hybridized carbons (Fsp3) is 0.600. The second-order valence-corrected chi connectivity index (χ2v) is 8.00. The number of benzene rings is 1. The van der Waals surface area contributed by atoms with Gasteiger partial charge in [0.15, 0.2) is 0 Å². The van der Waals surface area contributed by atoms with Crippen LogP contribution in [0.5, 0.6) is 0 Å². The van der Waals surface area contributed by atoms with Gasteiger partial charge in [-0.1, -0.05) is 11.6 Å². The summed E-state index contributed by atoms with van der Waals surface area (Å²) in [5, 5.41) is 6.83. The van der Waals surface area contributed by atoms with Crippen molar-refractivity contribution in [2.24, 2.45) is 5.92 Å². The first-order chi connectivity index (χ1) is 12.9. The highest BCUT2D eigenvalue weighted by Gasteiger charge is 2.30. The van der Waals surface area contributed by atoms with Crippen LogP contribution in [0.3, 0.4) is 0 Å². The fourth-order valence-electron chi connectivity index (χ4n) is 4.02. The van der Waals surface area contributed by atoms with Gasteiger partial charge in [0.05, 0.1) is 6.04 Å². The van der Waals surface area contributed by atoms with E-state index in [0.717, 1.165) is 31.4 Å². The summed E-state index contributed by atoms with van der Waals surface area (Å²) in [5.74, 6) is 0.220. The predicted molar refractivity (Wildman–Crippen MR) is 103 cm³/mol. The second kappa shape index (κ2) is 9.02. The Morgan fingerprint density at radius 2 is 2.15 bits per heavy atom.